The van der Waals surface area contributed by atoms with Crippen LogP contribution in [0.15, 0.2) is 42.6 Å². The Morgan fingerprint density at radius 1 is 1.06 bits per heavy atom. The van der Waals surface area contributed by atoms with Crippen LogP contribution in [-0.2, 0) is 4.79 Å². The Balaban J connectivity index is 1.06. The molecular formula is C23H26N4O3S. The van der Waals surface area contributed by atoms with E-state index in [0.29, 0.717) is 23.7 Å². The van der Waals surface area contributed by atoms with E-state index in [1.807, 2.05) is 36.4 Å². The molecule has 2 aromatic heterocycles. The van der Waals surface area contributed by atoms with Crippen molar-refractivity contribution in [2.24, 2.45) is 0 Å². The Hall–Kier alpha value is -2.71. The molecule has 0 saturated carbocycles. The van der Waals surface area contributed by atoms with E-state index in [9.17, 15) is 4.79 Å². The van der Waals surface area contributed by atoms with Gasteiger partial charge in [0.2, 0.25) is 5.91 Å². The molecule has 2 fully saturated rings. The molecule has 0 N–H and O–H groups in total. The fourth-order valence-electron chi connectivity index (χ4n) is 4.30. The summed E-state index contributed by atoms with van der Waals surface area (Å²) in [6.45, 7) is 4.56. The first-order valence-electron chi connectivity index (χ1n) is 10.9. The van der Waals surface area contributed by atoms with E-state index in [4.69, 9.17) is 9.47 Å². The van der Waals surface area contributed by atoms with E-state index >= 15 is 0 Å². The van der Waals surface area contributed by atoms with Crippen LogP contribution >= 0.6 is 11.3 Å². The van der Waals surface area contributed by atoms with Crippen molar-refractivity contribution >= 4 is 27.6 Å². The third kappa shape index (κ3) is 4.80. The van der Waals surface area contributed by atoms with Crippen LogP contribution in [-0.4, -0.2) is 64.5 Å². The van der Waals surface area contributed by atoms with E-state index in [1.54, 1.807) is 6.20 Å². The molecular weight excluding hydrogens is 412 g/mol. The second-order valence-corrected chi connectivity index (χ2v) is 8.93. The highest BCUT2D eigenvalue weighted by molar-refractivity contribution is 7.19. The molecule has 2 aliphatic heterocycles. The van der Waals surface area contributed by atoms with Crippen molar-refractivity contribution in [2.45, 2.75) is 31.7 Å². The summed E-state index contributed by atoms with van der Waals surface area (Å²) in [5.41, 5.74) is 0.846. The minimum atomic E-state index is 0.342. The minimum Gasteiger partial charge on any atom is -0.492 e. The van der Waals surface area contributed by atoms with Crippen LogP contribution < -0.4 is 9.47 Å². The zero-order chi connectivity index (χ0) is 21.0. The van der Waals surface area contributed by atoms with Crippen LogP contribution in [0.4, 0.5) is 0 Å². The molecule has 0 aliphatic carbocycles. The largest absolute Gasteiger partial charge is 0.492 e. The van der Waals surface area contributed by atoms with Gasteiger partial charge in [-0.3, -0.25) is 9.69 Å². The molecule has 0 unspecified atom stereocenters. The maximum absolute atomic E-state index is 11.9. The quantitative estimate of drug-likeness (QED) is 0.556. The number of rotatable bonds is 7. The number of aromatic nitrogens is 2. The lowest BCUT2D eigenvalue weighted by atomic mass is 10.0. The van der Waals surface area contributed by atoms with Crippen LogP contribution in [0.5, 0.6) is 16.7 Å². The normalized spacial score (nSPS) is 18.1. The predicted octanol–water partition coefficient (Wildman–Crippen LogP) is 3.95. The van der Waals surface area contributed by atoms with Crippen molar-refractivity contribution in [1.29, 1.82) is 0 Å². The van der Waals surface area contributed by atoms with E-state index in [0.717, 1.165) is 73.7 Å². The van der Waals surface area contributed by atoms with Crippen LogP contribution in [0, 0.1) is 0 Å². The van der Waals surface area contributed by atoms with Gasteiger partial charge in [-0.1, -0.05) is 11.3 Å². The number of fused-ring (bicyclic) bond motifs is 1. The maximum atomic E-state index is 11.9. The number of carbonyl (C=O) groups is 1. The molecule has 3 aromatic rings. The van der Waals surface area contributed by atoms with Gasteiger partial charge in [0.05, 0.1) is 0 Å². The van der Waals surface area contributed by atoms with Gasteiger partial charge in [-0.25, -0.2) is 9.97 Å². The molecule has 8 heteroatoms. The van der Waals surface area contributed by atoms with Crippen LogP contribution in [0.2, 0.25) is 0 Å². The van der Waals surface area contributed by atoms with Crippen LogP contribution in [0.3, 0.4) is 0 Å². The summed E-state index contributed by atoms with van der Waals surface area (Å²) in [4.78, 5) is 26.1. The van der Waals surface area contributed by atoms with E-state index in [1.165, 1.54) is 11.3 Å². The number of carbonyl (C=O) groups excluding carboxylic acids is 1. The fourth-order valence-corrected chi connectivity index (χ4v) is 5.08. The highest BCUT2D eigenvalue weighted by atomic mass is 32.1. The predicted molar refractivity (Wildman–Crippen MR) is 120 cm³/mol. The number of amides is 1. The van der Waals surface area contributed by atoms with Gasteiger partial charge >= 0.3 is 0 Å². The molecule has 4 heterocycles. The molecule has 1 aromatic carbocycles. The maximum Gasteiger partial charge on any atom is 0.281 e. The van der Waals surface area contributed by atoms with Gasteiger partial charge in [-0.15, -0.1) is 0 Å². The Bertz CT molecular complexity index is 998. The molecule has 31 heavy (non-hydrogen) atoms. The van der Waals surface area contributed by atoms with E-state index in [2.05, 4.69) is 19.8 Å². The monoisotopic (exact) mass is 438 g/mol. The lowest BCUT2D eigenvalue weighted by Crippen LogP contribution is -2.46. The second-order valence-electron chi connectivity index (χ2n) is 7.99. The standard InChI is InChI=1S/C23H26N4O3S/c28-21-4-2-12-27(21)17-9-13-26(14-10-17)15-16-29-18-5-7-19(8-6-18)30-23-25-20-3-1-11-24-22(20)31-23/h1,3,5-8,11,17H,2,4,9-10,12-16H2. The van der Waals surface area contributed by atoms with Crippen LogP contribution in [0.25, 0.3) is 10.3 Å². The Labute approximate surface area is 185 Å². The first-order chi connectivity index (χ1) is 15.2. The van der Waals surface area contributed by atoms with Crippen molar-refractivity contribution in [2.75, 3.05) is 32.8 Å². The van der Waals surface area contributed by atoms with Gasteiger partial charge in [0, 0.05) is 44.8 Å². The molecule has 7 nitrogen and oxygen atoms in total. The summed E-state index contributed by atoms with van der Waals surface area (Å²) < 4.78 is 11.8. The van der Waals surface area contributed by atoms with Gasteiger partial charge in [-0.05, 0) is 55.7 Å². The zero-order valence-electron chi connectivity index (χ0n) is 17.4. The number of hydrogen-bond acceptors (Lipinski definition) is 7. The SMILES string of the molecule is O=C1CCCN1C1CCN(CCOc2ccc(Oc3nc4cccnc4s3)cc2)CC1. The molecule has 162 valence electrons. The summed E-state index contributed by atoms with van der Waals surface area (Å²) in [6, 6.07) is 11.9. The number of hydrogen-bond donors (Lipinski definition) is 0. The van der Waals surface area contributed by atoms with Gasteiger partial charge in [0.15, 0.2) is 0 Å². The first kappa shape index (κ1) is 20.2. The summed E-state index contributed by atoms with van der Waals surface area (Å²) in [5, 5.41) is 0.585. The summed E-state index contributed by atoms with van der Waals surface area (Å²) in [7, 11) is 0. The Kier molecular flexibility index (Phi) is 5.99. The highest BCUT2D eigenvalue weighted by Crippen LogP contribution is 2.30. The lowest BCUT2D eigenvalue weighted by molar-refractivity contribution is -0.130. The molecule has 0 atom stereocenters. The number of pyridine rings is 1. The number of nitrogens with zero attached hydrogens (tertiary/aromatic N) is 4. The molecule has 2 saturated heterocycles. The highest BCUT2D eigenvalue weighted by Gasteiger charge is 2.30. The van der Waals surface area contributed by atoms with E-state index < -0.39 is 0 Å². The third-order valence-electron chi connectivity index (χ3n) is 5.96. The number of benzene rings is 1. The molecule has 5 rings (SSSR count). The Morgan fingerprint density at radius 2 is 1.87 bits per heavy atom. The van der Waals surface area contributed by atoms with Gasteiger partial charge in [0.25, 0.3) is 5.19 Å². The smallest absolute Gasteiger partial charge is 0.281 e. The van der Waals surface area contributed by atoms with Gasteiger partial charge < -0.3 is 14.4 Å². The summed E-state index contributed by atoms with van der Waals surface area (Å²) >= 11 is 1.43. The average molecular weight is 439 g/mol. The first-order valence-corrected chi connectivity index (χ1v) is 11.7. The lowest BCUT2D eigenvalue weighted by Gasteiger charge is -2.36. The number of ether oxygens (including phenoxy) is 2. The number of piperidine rings is 1. The molecule has 0 spiro atoms. The molecule has 2 aliphatic rings. The second kappa shape index (κ2) is 9.20. The third-order valence-corrected chi connectivity index (χ3v) is 6.82. The van der Waals surface area contributed by atoms with Crippen molar-refractivity contribution < 1.29 is 14.3 Å². The van der Waals surface area contributed by atoms with Crippen molar-refractivity contribution in [3.05, 3.63) is 42.6 Å². The van der Waals surface area contributed by atoms with E-state index in [-0.39, 0.29) is 0 Å². The van der Waals surface area contributed by atoms with Crippen molar-refractivity contribution in [1.82, 2.24) is 19.8 Å². The summed E-state index contributed by atoms with van der Waals surface area (Å²) in [6.07, 6.45) is 5.65. The topological polar surface area (TPSA) is 67.8 Å². The Morgan fingerprint density at radius 3 is 2.61 bits per heavy atom. The number of thiazole rings is 1. The van der Waals surface area contributed by atoms with Gasteiger partial charge in [0.1, 0.15) is 28.5 Å². The minimum absolute atomic E-state index is 0.342. The molecule has 0 bridgehead atoms. The average Bonchev–Trinajstić information content (AvgIpc) is 3.41. The molecule has 1 amide bonds. The number of likely N-dealkylation sites (tertiary alicyclic amines) is 2. The van der Waals surface area contributed by atoms with Crippen molar-refractivity contribution in [3.63, 3.8) is 0 Å². The van der Waals surface area contributed by atoms with Gasteiger partial charge in [-0.2, -0.15) is 0 Å². The zero-order valence-corrected chi connectivity index (χ0v) is 18.2. The van der Waals surface area contributed by atoms with Crippen LogP contribution in [0.1, 0.15) is 25.7 Å². The van der Waals surface area contributed by atoms with Crippen molar-refractivity contribution in [3.8, 4) is 16.7 Å². The summed E-state index contributed by atoms with van der Waals surface area (Å²) in [5.74, 6) is 1.90. The fraction of sp³-hybridized carbons (Fsp3) is 0.435. The molecule has 0 radical (unpaired) electrons.